The van der Waals surface area contributed by atoms with Crippen LogP contribution in [0.25, 0.3) is 0 Å². The first-order chi connectivity index (χ1) is 9.63. The van der Waals surface area contributed by atoms with Crippen molar-refractivity contribution in [2.75, 3.05) is 18.0 Å². The zero-order valence-corrected chi connectivity index (χ0v) is 10.8. The predicted molar refractivity (Wildman–Crippen MR) is 70.4 cm³/mol. The number of aromatic amines is 1. The highest BCUT2D eigenvalue weighted by Crippen LogP contribution is 2.17. The molecule has 1 atom stereocenters. The average molecular weight is 279 g/mol. The predicted octanol–water partition coefficient (Wildman–Crippen LogP) is 1.21. The molecule has 1 aliphatic rings. The molecule has 0 amide bonds. The molecule has 2 aromatic rings. The smallest absolute Gasteiger partial charge is 0.244 e. The molecule has 0 aliphatic carbocycles. The van der Waals surface area contributed by atoms with E-state index in [0.717, 1.165) is 19.0 Å². The lowest BCUT2D eigenvalue weighted by Gasteiger charge is -2.11. The Morgan fingerprint density at radius 3 is 3.00 bits per heavy atom. The van der Waals surface area contributed by atoms with Gasteiger partial charge in [-0.2, -0.15) is 4.98 Å². The van der Waals surface area contributed by atoms with Crippen LogP contribution in [0.15, 0.2) is 18.2 Å². The van der Waals surface area contributed by atoms with Crippen LogP contribution in [0, 0.1) is 11.6 Å². The number of hydrogen-bond donors (Lipinski definition) is 2. The summed E-state index contributed by atoms with van der Waals surface area (Å²) in [6.07, 6.45) is 1.08. The molecule has 1 unspecified atom stereocenters. The maximum atomic E-state index is 13.6. The number of H-pyrrole nitrogens is 1. The summed E-state index contributed by atoms with van der Waals surface area (Å²) in [6, 6.07) is 4.24. The lowest BCUT2D eigenvalue weighted by molar-refractivity contribution is 0.500. The molecule has 1 aromatic carbocycles. The number of halogens is 2. The number of nitrogens with two attached hydrogens (primary N) is 1. The highest BCUT2D eigenvalue weighted by molar-refractivity contribution is 5.32. The van der Waals surface area contributed by atoms with Crippen molar-refractivity contribution < 1.29 is 8.78 Å². The van der Waals surface area contributed by atoms with Crippen molar-refractivity contribution in [3.05, 3.63) is 41.2 Å². The molecule has 0 radical (unpaired) electrons. The second kappa shape index (κ2) is 5.16. The number of benzene rings is 1. The zero-order chi connectivity index (χ0) is 14.1. The van der Waals surface area contributed by atoms with E-state index < -0.39 is 11.6 Å². The molecule has 2 heterocycles. The van der Waals surface area contributed by atoms with Gasteiger partial charge in [0.15, 0.2) is 11.6 Å². The van der Waals surface area contributed by atoms with Crippen molar-refractivity contribution in [2.24, 2.45) is 5.73 Å². The fourth-order valence-corrected chi connectivity index (χ4v) is 2.34. The Kier molecular flexibility index (Phi) is 3.35. The molecule has 0 bridgehead atoms. The first kappa shape index (κ1) is 13.0. The molecule has 7 heteroatoms. The Balaban J connectivity index is 1.76. The van der Waals surface area contributed by atoms with Crippen molar-refractivity contribution >= 4 is 5.95 Å². The van der Waals surface area contributed by atoms with Crippen LogP contribution < -0.4 is 10.6 Å². The van der Waals surface area contributed by atoms with E-state index in [0.29, 0.717) is 18.3 Å². The van der Waals surface area contributed by atoms with E-state index in [4.69, 9.17) is 5.73 Å². The summed E-state index contributed by atoms with van der Waals surface area (Å²) < 4.78 is 26.7. The maximum absolute atomic E-state index is 13.6. The molecule has 3 N–H and O–H groups in total. The van der Waals surface area contributed by atoms with Crippen LogP contribution in [0.5, 0.6) is 0 Å². The van der Waals surface area contributed by atoms with Crippen molar-refractivity contribution in [1.29, 1.82) is 0 Å². The van der Waals surface area contributed by atoms with E-state index in [9.17, 15) is 8.78 Å². The van der Waals surface area contributed by atoms with Gasteiger partial charge in [0.05, 0.1) is 0 Å². The fraction of sp³-hybridized carbons (Fsp3) is 0.385. The largest absolute Gasteiger partial charge is 0.338 e. The van der Waals surface area contributed by atoms with Crippen LogP contribution in [0.4, 0.5) is 14.7 Å². The SMILES string of the molecule is NC1CCN(c2n[nH]c(Cc3cccc(F)c3F)n2)C1. The van der Waals surface area contributed by atoms with Gasteiger partial charge in [0.2, 0.25) is 5.95 Å². The van der Waals surface area contributed by atoms with Crippen molar-refractivity contribution in [2.45, 2.75) is 18.9 Å². The molecule has 1 aromatic heterocycles. The van der Waals surface area contributed by atoms with Gasteiger partial charge in [-0.15, -0.1) is 5.10 Å². The molecule has 0 spiro atoms. The molecule has 1 aliphatic heterocycles. The summed E-state index contributed by atoms with van der Waals surface area (Å²) in [6.45, 7) is 1.53. The Hall–Kier alpha value is -2.02. The Labute approximate surface area is 114 Å². The molecular formula is C13H15F2N5. The van der Waals surface area contributed by atoms with Crippen LogP contribution in [0.3, 0.4) is 0 Å². The van der Waals surface area contributed by atoms with Crippen molar-refractivity contribution in [1.82, 2.24) is 15.2 Å². The van der Waals surface area contributed by atoms with Gasteiger partial charge in [-0.25, -0.2) is 8.78 Å². The molecule has 0 saturated carbocycles. The number of nitrogens with one attached hydrogen (secondary N) is 1. The van der Waals surface area contributed by atoms with Crippen LogP contribution in [0.1, 0.15) is 17.8 Å². The van der Waals surface area contributed by atoms with E-state index in [1.54, 1.807) is 0 Å². The van der Waals surface area contributed by atoms with Crippen LogP contribution in [-0.4, -0.2) is 34.3 Å². The average Bonchev–Trinajstić information content (AvgIpc) is 3.04. The summed E-state index contributed by atoms with van der Waals surface area (Å²) in [5.74, 6) is -0.629. The quantitative estimate of drug-likeness (QED) is 0.886. The minimum Gasteiger partial charge on any atom is -0.338 e. The summed E-state index contributed by atoms with van der Waals surface area (Å²) in [5.41, 5.74) is 6.09. The van der Waals surface area contributed by atoms with E-state index in [-0.39, 0.29) is 18.0 Å². The van der Waals surface area contributed by atoms with Crippen molar-refractivity contribution in [3.63, 3.8) is 0 Å². The lowest BCUT2D eigenvalue weighted by atomic mass is 10.1. The number of nitrogens with zero attached hydrogens (tertiary/aromatic N) is 3. The number of anilines is 1. The standard InChI is InChI=1S/C13H15F2N5/c14-10-3-1-2-8(12(10)15)6-11-17-13(19-18-11)20-5-4-9(16)7-20/h1-3,9H,4-7,16H2,(H,17,18,19). The van der Waals surface area contributed by atoms with Gasteiger partial charge >= 0.3 is 0 Å². The fourth-order valence-electron chi connectivity index (χ4n) is 2.34. The molecule has 3 rings (SSSR count). The van der Waals surface area contributed by atoms with Crippen LogP contribution in [0.2, 0.25) is 0 Å². The maximum Gasteiger partial charge on any atom is 0.244 e. The highest BCUT2D eigenvalue weighted by Gasteiger charge is 2.22. The molecule has 20 heavy (non-hydrogen) atoms. The third-order valence-electron chi connectivity index (χ3n) is 3.42. The number of hydrogen-bond acceptors (Lipinski definition) is 4. The van der Waals surface area contributed by atoms with Gasteiger partial charge in [0.25, 0.3) is 0 Å². The number of rotatable bonds is 3. The minimum absolute atomic E-state index is 0.137. The van der Waals surface area contributed by atoms with Crippen LogP contribution in [-0.2, 0) is 6.42 Å². The van der Waals surface area contributed by atoms with E-state index >= 15 is 0 Å². The van der Waals surface area contributed by atoms with Gasteiger partial charge in [0.1, 0.15) is 5.82 Å². The van der Waals surface area contributed by atoms with E-state index in [2.05, 4.69) is 15.2 Å². The van der Waals surface area contributed by atoms with Gasteiger partial charge < -0.3 is 10.6 Å². The molecule has 1 saturated heterocycles. The third-order valence-corrected chi connectivity index (χ3v) is 3.42. The summed E-state index contributed by atoms with van der Waals surface area (Å²) >= 11 is 0. The highest BCUT2D eigenvalue weighted by atomic mass is 19.2. The summed E-state index contributed by atoms with van der Waals surface area (Å²) in [7, 11) is 0. The topological polar surface area (TPSA) is 70.8 Å². The van der Waals surface area contributed by atoms with Gasteiger partial charge in [0, 0.05) is 25.6 Å². The second-order valence-corrected chi connectivity index (χ2v) is 4.97. The van der Waals surface area contributed by atoms with Crippen molar-refractivity contribution in [3.8, 4) is 0 Å². The Morgan fingerprint density at radius 1 is 1.40 bits per heavy atom. The monoisotopic (exact) mass is 279 g/mol. The normalized spacial score (nSPS) is 18.8. The molecule has 5 nitrogen and oxygen atoms in total. The first-order valence-electron chi connectivity index (χ1n) is 6.48. The molecule has 106 valence electrons. The van der Waals surface area contributed by atoms with Gasteiger partial charge in [-0.05, 0) is 18.1 Å². The van der Waals surface area contributed by atoms with Gasteiger partial charge in [-0.3, -0.25) is 5.10 Å². The Bertz CT molecular complexity index is 613. The Morgan fingerprint density at radius 2 is 2.25 bits per heavy atom. The number of aromatic nitrogens is 3. The summed E-state index contributed by atoms with van der Waals surface area (Å²) in [4.78, 5) is 6.29. The summed E-state index contributed by atoms with van der Waals surface area (Å²) in [5, 5.41) is 6.86. The van der Waals surface area contributed by atoms with Gasteiger partial charge in [-0.1, -0.05) is 12.1 Å². The molecule has 1 fully saturated rings. The van der Waals surface area contributed by atoms with E-state index in [1.165, 1.54) is 12.1 Å². The zero-order valence-electron chi connectivity index (χ0n) is 10.8. The van der Waals surface area contributed by atoms with E-state index in [1.807, 2.05) is 4.90 Å². The molecular weight excluding hydrogens is 264 g/mol. The second-order valence-electron chi connectivity index (χ2n) is 4.97. The minimum atomic E-state index is -0.854. The lowest BCUT2D eigenvalue weighted by Crippen LogP contribution is -2.27. The first-order valence-corrected chi connectivity index (χ1v) is 6.48. The van der Waals surface area contributed by atoms with Crippen LogP contribution >= 0.6 is 0 Å². The third kappa shape index (κ3) is 2.49.